The smallest absolute Gasteiger partial charge is 0.306 e. The Morgan fingerprint density at radius 1 is 0.860 bits per heavy atom. The highest BCUT2D eigenvalue weighted by Crippen LogP contribution is 2.47. The monoisotopic (exact) mass is 702 g/mol. The van der Waals surface area contributed by atoms with Gasteiger partial charge in [-0.2, -0.15) is 0 Å². The van der Waals surface area contributed by atoms with Gasteiger partial charge in [0.15, 0.2) is 5.79 Å². The van der Waals surface area contributed by atoms with Crippen molar-refractivity contribution in [3.8, 4) is 0 Å². The maximum atomic E-state index is 11.5. The highest BCUT2D eigenvalue weighted by molar-refractivity contribution is 5.67. The lowest BCUT2D eigenvalue weighted by Crippen LogP contribution is -2.65. The fourth-order valence-electron chi connectivity index (χ4n) is 7.42. The first-order chi connectivity index (χ1) is 23.6. The summed E-state index contributed by atoms with van der Waals surface area (Å²) in [4.78, 5) is 10.8. The van der Waals surface area contributed by atoms with Crippen LogP contribution in [0, 0.1) is 35.5 Å². The van der Waals surface area contributed by atoms with Gasteiger partial charge in [0.1, 0.15) is 6.10 Å². The molecule has 2 aliphatic heterocycles. The predicted molar refractivity (Wildman–Crippen MR) is 198 cm³/mol. The first kappa shape index (κ1) is 43.8. The topological polar surface area (TPSA) is 135 Å². The zero-order chi connectivity index (χ0) is 37.6. The van der Waals surface area contributed by atoms with E-state index in [4.69, 9.17) is 24.1 Å². The highest BCUT2D eigenvalue weighted by atomic mass is 16.7. The van der Waals surface area contributed by atoms with Gasteiger partial charge in [0.2, 0.25) is 0 Å². The van der Waals surface area contributed by atoms with Gasteiger partial charge < -0.3 is 39.4 Å². The van der Waals surface area contributed by atoms with Gasteiger partial charge in [-0.05, 0) is 38.5 Å². The Morgan fingerprint density at radius 3 is 1.94 bits per heavy atom. The summed E-state index contributed by atoms with van der Waals surface area (Å²) >= 11 is 0. The second-order valence-electron chi connectivity index (χ2n) is 14.7. The van der Waals surface area contributed by atoms with Crippen LogP contribution in [0.25, 0.3) is 0 Å². The first-order valence-corrected chi connectivity index (χ1v) is 18.3. The molecular weight excluding hydrogens is 636 g/mol. The van der Waals surface area contributed by atoms with Crippen LogP contribution in [0.4, 0.5) is 0 Å². The molecule has 0 amide bonds. The van der Waals surface area contributed by atoms with Crippen LogP contribution in [-0.2, 0) is 23.7 Å². The number of carboxylic acid groups (broad SMARTS) is 1. The normalized spacial score (nSPS) is 32.7. The number of carbonyl (C=O) groups is 1. The van der Waals surface area contributed by atoms with Gasteiger partial charge >= 0.3 is 5.97 Å². The Bertz CT molecular complexity index is 1200. The van der Waals surface area contributed by atoms with Gasteiger partial charge in [-0.3, -0.25) is 4.79 Å². The van der Waals surface area contributed by atoms with Crippen molar-refractivity contribution in [2.45, 2.75) is 130 Å². The molecule has 2 aliphatic rings. The van der Waals surface area contributed by atoms with Gasteiger partial charge in [0, 0.05) is 44.3 Å². The number of carboxylic acids is 1. The molecule has 2 rings (SSSR count). The van der Waals surface area contributed by atoms with E-state index in [9.17, 15) is 20.1 Å². The SMILES string of the molecule is CC=C(C)CC(C)C(O)C(C)C1OC2(CC(OC)C1C)OC(C(C)C(O)C(C)C=CC=CC=CC=CC=CC(CC(=O)O)OC)C(C)CC2O. The minimum absolute atomic E-state index is 0.0174. The zero-order valence-corrected chi connectivity index (χ0v) is 32.0. The minimum atomic E-state index is -1.30. The first-order valence-electron chi connectivity index (χ1n) is 18.3. The van der Waals surface area contributed by atoms with Crippen molar-refractivity contribution in [3.05, 3.63) is 72.4 Å². The van der Waals surface area contributed by atoms with E-state index < -0.39 is 42.3 Å². The molecule has 4 N–H and O–H groups in total. The number of hydrogen-bond donors (Lipinski definition) is 4. The van der Waals surface area contributed by atoms with E-state index >= 15 is 0 Å². The van der Waals surface area contributed by atoms with Gasteiger partial charge in [-0.15, -0.1) is 0 Å². The van der Waals surface area contributed by atoms with E-state index in [-0.39, 0.29) is 54.1 Å². The molecule has 2 saturated heterocycles. The lowest BCUT2D eigenvalue weighted by Gasteiger charge is -2.56. The minimum Gasteiger partial charge on any atom is -0.481 e. The summed E-state index contributed by atoms with van der Waals surface area (Å²) in [5.41, 5.74) is 1.23. The van der Waals surface area contributed by atoms with Crippen LogP contribution in [0.5, 0.6) is 0 Å². The van der Waals surface area contributed by atoms with Crippen LogP contribution in [0.1, 0.15) is 81.1 Å². The average molecular weight is 703 g/mol. The van der Waals surface area contributed by atoms with Crippen LogP contribution >= 0.6 is 0 Å². The number of ether oxygens (including phenoxy) is 4. The second-order valence-corrected chi connectivity index (χ2v) is 14.7. The number of allylic oxidation sites excluding steroid dienone is 10. The maximum Gasteiger partial charge on any atom is 0.306 e. The predicted octanol–water partition coefficient (Wildman–Crippen LogP) is 6.80. The molecule has 284 valence electrons. The summed E-state index contributed by atoms with van der Waals surface area (Å²) in [6, 6.07) is 0. The third-order valence-electron chi connectivity index (χ3n) is 10.8. The number of methoxy groups -OCH3 is 2. The van der Waals surface area contributed by atoms with Crippen molar-refractivity contribution < 1.29 is 44.2 Å². The van der Waals surface area contributed by atoms with Crippen molar-refractivity contribution >= 4 is 5.97 Å². The Kier molecular flexibility index (Phi) is 18.6. The molecule has 9 heteroatoms. The summed E-state index contributed by atoms with van der Waals surface area (Å²) in [6.07, 6.45) is 18.4. The van der Waals surface area contributed by atoms with Crippen LogP contribution in [-0.4, -0.2) is 89.1 Å². The molecule has 14 atom stereocenters. The van der Waals surface area contributed by atoms with Gasteiger partial charge in [-0.1, -0.05) is 114 Å². The van der Waals surface area contributed by atoms with Gasteiger partial charge in [-0.25, -0.2) is 0 Å². The van der Waals surface area contributed by atoms with Crippen LogP contribution in [0.3, 0.4) is 0 Å². The number of rotatable bonds is 18. The summed E-state index contributed by atoms with van der Waals surface area (Å²) in [5.74, 6) is -2.87. The molecule has 14 unspecified atom stereocenters. The Morgan fingerprint density at radius 2 is 1.40 bits per heavy atom. The fourth-order valence-corrected chi connectivity index (χ4v) is 7.42. The second kappa shape index (κ2) is 21.2. The van der Waals surface area contributed by atoms with Crippen molar-refractivity contribution in [1.29, 1.82) is 0 Å². The number of aliphatic hydroxyl groups is 3. The van der Waals surface area contributed by atoms with E-state index in [1.54, 1.807) is 25.3 Å². The van der Waals surface area contributed by atoms with E-state index in [2.05, 4.69) is 26.8 Å². The molecule has 0 radical (unpaired) electrons. The fraction of sp³-hybridized carbons (Fsp3) is 0.683. The molecule has 2 fully saturated rings. The van der Waals surface area contributed by atoms with Crippen molar-refractivity contribution in [2.75, 3.05) is 14.2 Å². The number of aliphatic carboxylic acids is 1. The Hall–Kier alpha value is -2.37. The van der Waals surface area contributed by atoms with Gasteiger partial charge in [0.25, 0.3) is 0 Å². The quantitative estimate of drug-likeness (QED) is 0.0899. The summed E-state index contributed by atoms with van der Waals surface area (Å²) < 4.78 is 24.6. The summed E-state index contributed by atoms with van der Waals surface area (Å²) in [7, 11) is 3.16. The third-order valence-corrected chi connectivity index (χ3v) is 10.8. The van der Waals surface area contributed by atoms with E-state index in [1.165, 1.54) is 12.7 Å². The van der Waals surface area contributed by atoms with Crippen molar-refractivity contribution in [1.82, 2.24) is 0 Å². The lowest BCUT2D eigenvalue weighted by atomic mass is 9.74. The van der Waals surface area contributed by atoms with E-state index in [0.717, 1.165) is 6.42 Å². The molecule has 2 heterocycles. The molecular formula is C41H66O9. The summed E-state index contributed by atoms with van der Waals surface area (Å²) in [5, 5.41) is 43.3. The molecule has 1 spiro atoms. The highest BCUT2D eigenvalue weighted by Gasteiger charge is 2.57. The zero-order valence-electron chi connectivity index (χ0n) is 32.0. The van der Waals surface area contributed by atoms with Crippen molar-refractivity contribution in [2.24, 2.45) is 35.5 Å². The largest absolute Gasteiger partial charge is 0.481 e. The molecule has 0 bridgehead atoms. The van der Waals surface area contributed by atoms with Crippen LogP contribution in [0.2, 0.25) is 0 Å². The van der Waals surface area contributed by atoms with Gasteiger partial charge in [0.05, 0.1) is 43.0 Å². The Balaban J connectivity index is 2.10. The average Bonchev–Trinajstić information content (AvgIpc) is 3.09. The summed E-state index contributed by atoms with van der Waals surface area (Å²) in [6.45, 7) is 16.2. The molecule has 0 aromatic heterocycles. The maximum absolute atomic E-state index is 11.5. The molecule has 0 saturated carbocycles. The molecule has 0 aromatic rings. The molecule has 50 heavy (non-hydrogen) atoms. The molecule has 9 nitrogen and oxygen atoms in total. The standard InChI is InChI=1S/C41H66O9/c1-11-26(2)22-28(4)38(46)32(8)40-30(6)34(48-10)25-41(50-40)35(42)23-29(5)39(49-41)31(7)37(45)27(3)20-18-16-14-12-13-15-17-19-21-33(47-9)24-36(43)44/h11-21,27-35,37-40,42,45-46H,22-25H2,1-10H3,(H,43,44). The number of aliphatic hydroxyl groups excluding tert-OH is 3. The van der Waals surface area contributed by atoms with Crippen LogP contribution in [0.15, 0.2) is 72.4 Å². The van der Waals surface area contributed by atoms with E-state index in [1.807, 2.05) is 77.2 Å². The van der Waals surface area contributed by atoms with E-state index in [0.29, 0.717) is 12.8 Å². The molecule has 0 aliphatic carbocycles. The van der Waals surface area contributed by atoms with Crippen LogP contribution < -0.4 is 0 Å². The third kappa shape index (κ3) is 12.4. The number of hydrogen-bond acceptors (Lipinski definition) is 8. The van der Waals surface area contributed by atoms with Crippen molar-refractivity contribution in [3.63, 3.8) is 0 Å². The molecule has 0 aromatic carbocycles. The Labute approximate surface area is 301 Å². The lowest BCUT2D eigenvalue weighted by molar-refractivity contribution is -0.391.